The first kappa shape index (κ1) is 21.2. The number of amides is 2. The summed E-state index contributed by atoms with van der Waals surface area (Å²) >= 11 is 3.58. The fourth-order valence-corrected chi connectivity index (χ4v) is 3.53. The maximum Gasteiger partial charge on any atom is 0.319 e. The van der Waals surface area contributed by atoms with E-state index in [1.165, 1.54) is 5.56 Å². The Hall–Kier alpha value is -2.53. The van der Waals surface area contributed by atoms with Crippen LogP contribution in [0.4, 0.5) is 10.5 Å². The summed E-state index contributed by atoms with van der Waals surface area (Å²) in [7, 11) is 0. The molecule has 3 aromatic carbocycles. The Morgan fingerprint density at radius 1 is 1.03 bits per heavy atom. The van der Waals surface area contributed by atoms with Gasteiger partial charge in [0.1, 0.15) is 5.75 Å². The number of urea groups is 1. The summed E-state index contributed by atoms with van der Waals surface area (Å²) < 4.78 is 6.79. The highest BCUT2D eigenvalue weighted by Crippen LogP contribution is 2.31. The highest BCUT2D eigenvalue weighted by atomic mass is 79.9. The van der Waals surface area contributed by atoms with E-state index in [4.69, 9.17) is 4.74 Å². The molecule has 0 bridgehead atoms. The molecule has 3 rings (SSSR count). The van der Waals surface area contributed by atoms with Gasteiger partial charge in [-0.15, -0.1) is 0 Å². The lowest BCUT2D eigenvalue weighted by Gasteiger charge is -2.20. The van der Waals surface area contributed by atoms with Gasteiger partial charge in [-0.2, -0.15) is 0 Å². The Morgan fingerprint density at radius 2 is 1.79 bits per heavy atom. The second-order valence-electron chi connectivity index (χ2n) is 8.00. The average Bonchev–Trinajstić information content (AvgIpc) is 2.68. The normalized spacial score (nSPS) is 11.3. The molecule has 0 atom stereocenters. The van der Waals surface area contributed by atoms with Crippen molar-refractivity contribution in [1.29, 1.82) is 0 Å². The number of carbonyl (C=O) groups is 1. The molecule has 0 unspecified atom stereocenters. The maximum atomic E-state index is 12.2. The average molecular weight is 455 g/mol. The first-order valence-corrected chi connectivity index (χ1v) is 10.6. The lowest BCUT2D eigenvalue weighted by atomic mass is 9.87. The number of benzene rings is 3. The Kier molecular flexibility index (Phi) is 6.80. The summed E-state index contributed by atoms with van der Waals surface area (Å²) in [4.78, 5) is 12.2. The van der Waals surface area contributed by atoms with Gasteiger partial charge in [-0.25, -0.2) is 4.79 Å². The zero-order chi connectivity index (χ0) is 20.9. The molecular formula is C24H27BrN2O2. The van der Waals surface area contributed by atoms with Crippen molar-refractivity contribution in [2.24, 2.45) is 0 Å². The molecule has 2 N–H and O–H groups in total. The maximum absolute atomic E-state index is 12.2. The topological polar surface area (TPSA) is 50.4 Å². The highest BCUT2D eigenvalue weighted by Gasteiger charge is 2.15. The molecule has 0 aliphatic rings. The van der Waals surface area contributed by atoms with Gasteiger partial charge in [0.2, 0.25) is 0 Å². The molecule has 0 fully saturated rings. The van der Waals surface area contributed by atoms with E-state index in [1.54, 1.807) is 0 Å². The number of ether oxygens (including phenoxy) is 1. The summed E-state index contributed by atoms with van der Waals surface area (Å²) in [6, 6.07) is 19.8. The van der Waals surface area contributed by atoms with Crippen LogP contribution in [-0.4, -0.2) is 19.2 Å². The third kappa shape index (κ3) is 5.73. The van der Waals surface area contributed by atoms with Crippen LogP contribution in [0.5, 0.6) is 5.75 Å². The van der Waals surface area contributed by atoms with Gasteiger partial charge in [-0.1, -0.05) is 63.2 Å². The van der Waals surface area contributed by atoms with Crippen LogP contribution in [0.25, 0.3) is 10.8 Å². The van der Waals surface area contributed by atoms with Crippen molar-refractivity contribution in [1.82, 2.24) is 5.32 Å². The summed E-state index contributed by atoms with van der Waals surface area (Å²) in [5, 5.41) is 7.93. The number of hydrogen-bond acceptors (Lipinski definition) is 2. The van der Waals surface area contributed by atoms with E-state index in [2.05, 4.69) is 59.5 Å². The van der Waals surface area contributed by atoms with Crippen molar-refractivity contribution in [3.63, 3.8) is 0 Å². The predicted octanol–water partition coefficient (Wildman–Crippen LogP) is 6.49. The molecule has 4 nitrogen and oxygen atoms in total. The monoisotopic (exact) mass is 454 g/mol. The van der Waals surface area contributed by atoms with E-state index in [0.29, 0.717) is 13.2 Å². The first-order chi connectivity index (χ1) is 13.8. The van der Waals surface area contributed by atoms with E-state index in [-0.39, 0.29) is 11.4 Å². The van der Waals surface area contributed by atoms with E-state index < -0.39 is 0 Å². The number of anilines is 1. The Morgan fingerprint density at radius 3 is 2.55 bits per heavy atom. The first-order valence-electron chi connectivity index (χ1n) is 9.80. The van der Waals surface area contributed by atoms with Gasteiger partial charge >= 0.3 is 6.03 Å². The van der Waals surface area contributed by atoms with Crippen LogP contribution in [0, 0.1) is 0 Å². The zero-order valence-electron chi connectivity index (χ0n) is 17.1. The molecule has 2 amide bonds. The van der Waals surface area contributed by atoms with Gasteiger partial charge in [0.05, 0.1) is 16.8 Å². The van der Waals surface area contributed by atoms with Crippen LogP contribution in [0.15, 0.2) is 65.1 Å². The number of rotatable bonds is 6. The molecule has 0 radical (unpaired) electrons. The SMILES string of the molecule is CC(C)(C)c1ccc(OCCCNC(=O)Nc2cccc3ccccc23)c(Br)c1. The van der Waals surface area contributed by atoms with E-state index in [1.807, 2.05) is 48.5 Å². The molecule has 0 aliphatic carbocycles. The van der Waals surface area contributed by atoms with Gasteiger partial charge in [-0.3, -0.25) is 0 Å². The molecule has 152 valence electrons. The van der Waals surface area contributed by atoms with Gasteiger partial charge in [0.15, 0.2) is 0 Å². The molecule has 0 aromatic heterocycles. The fourth-order valence-electron chi connectivity index (χ4n) is 3.04. The van der Waals surface area contributed by atoms with Crippen LogP contribution in [0.3, 0.4) is 0 Å². The second kappa shape index (κ2) is 9.31. The van der Waals surface area contributed by atoms with Crippen LogP contribution >= 0.6 is 15.9 Å². The number of halogens is 1. The molecule has 0 heterocycles. The van der Waals surface area contributed by atoms with Crippen LogP contribution in [0.1, 0.15) is 32.8 Å². The Balaban J connectivity index is 1.44. The predicted molar refractivity (Wildman–Crippen MR) is 124 cm³/mol. The van der Waals surface area contributed by atoms with Crippen molar-refractivity contribution in [2.45, 2.75) is 32.6 Å². The standard InChI is InChI=1S/C24H27BrN2O2/c1-24(2,3)18-12-13-22(20(25)16-18)29-15-7-14-26-23(28)27-21-11-6-9-17-8-4-5-10-19(17)21/h4-6,8-13,16H,7,14-15H2,1-3H3,(H2,26,27,28). The van der Waals surface area contributed by atoms with E-state index in [0.717, 1.165) is 33.1 Å². The van der Waals surface area contributed by atoms with Gasteiger partial charge in [-0.05, 0) is 56.9 Å². The summed E-state index contributed by atoms with van der Waals surface area (Å²) in [5.74, 6) is 0.818. The van der Waals surface area contributed by atoms with Crippen molar-refractivity contribution < 1.29 is 9.53 Å². The van der Waals surface area contributed by atoms with Crippen molar-refractivity contribution in [2.75, 3.05) is 18.5 Å². The van der Waals surface area contributed by atoms with Crippen LogP contribution < -0.4 is 15.4 Å². The number of nitrogens with one attached hydrogen (secondary N) is 2. The minimum absolute atomic E-state index is 0.0996. The highest BCUT2D eigenvalue weighted by molar-refractivity contribution is 9.10. The summed E-state index contributed by atoms with van der Waals surface area (Å²) in [6.07, 6.45) is 0.719. The zero-order valence-corrected chi connectivity index (χ0v) is 18.7. The fraction of sp³-hybridized carbons (Fsp3) is 0.292. The molecule has 3 aromatic rings. The number of fused-ring (bicyclic) bond motifs is 1. The van der Waals surface area contributed by atoms with E-state index in [9.17, 15) is 4.79 Å². The molecular weight excluding hydrogens is 428 g/mol. The quantitative estimate of drug-likeness (QED) is 0.418. The largest absolute Gasteiger partial charge is 0.492 e. The lowest BCUT2D eigenvalue weighted by Crippen LogP contribution is -2.30. The summed E-state index contributed by atoms with van der Waals surface area (Å²) in [6.45, 7) is 7.62. The molecule has 0 spiro atoms. The third-order valence-electron chi connectivity index (χ3n) is 4.70. The molecule has 29 heavy (non-hydrogen) atoms. The van der Waals surface area contributed by atoms with Gasteiger partial charge in [0.25, 0.3) is 0 Å². The smallest absolute Gasteiger partial charge is 0.319 e. The minimum Gasteiger partial charge on any atom is -0.492 e. The van der Waals surface area contributed by atoms with Gasteiger partial charge in [0, 0.05) is 11.9 Å². The van der Waals surface area contributed by atoms with Crippen LogP contribution in [0.2, 0.25) is 0 Å². The molecule has 0 aliphatic heterocycles. The lowest BCUT2D eigenvalue weighted by molar-refractivity contribution is 0.250. The summed E-state index contributed by atoms with van der Waals surface area (Å²) in [5.41, 5.74) is 2.16. The van der Waals surface area contributed by atoms with Crippen molar-refractivity contribution >= 4 is 38.4 Å². The molecule has 5 heteroatoms. The minimum atomic E-state index is -0.211. The number of hydrogen-bond donors (Lipinski definition) is 2. The van der Waals surface area contributed by atoms with Gasteiger partial charge < -0.3 is 15.4 Å². The van der Waals surface area contributed by atoms with E-state index >= 15 is 0 Å². The Labute approximate surface area is 180 Å². The second-order valence-corrected chi connectivity index (χ2v) is 8.86. The van der Waals surface area contributed by atoms with Crippen molar-refractivity contribution in [3.05, 3.63) is 70.7 Å². The Bertz CT molecular complexity index is 990. The van der Waals surface area contributed by atoms with Crippen LogP contribution in [-0.2, 0) is 5.41 Å². The third-order valence-corrected chi connectivity index (χ3v) is 5.32. The molecule has 0 saturated heterocycles. The number of carbonyl (C=O) groups excluding carboxylic acids is 1. The molecule has 0 saturated carbocycles. The van der Waals surface area contributed by atoms with Crippen molar-refractivity contribution in [3.8, 4) is 5.75 Å².